The summed E-state index contributed by atoms with van der Waals surface area (Å²) in [5.74, 6) is 1.45. The summed E-state index contributed by atoms with van der Waals surface area (Å²) in [6.45, 7) is 7.91. The molecule has 9 nitrogen and oxygen atoms in total. The van der Waals surface area contributed by atoms with Gasteiger partial charge in [0.15, 0.2) is 11.0 Å². The molecule has 3 rings (SSSR count). The summed E-state index contributed by atoms with van der Waals surface area (Å²) in [6, 6.07) is 14.4. The predicted octanol–water partition coefficient (Wildman–Crippen LogP) is 3.28. The summed E-state index contributed by atoms with van der Waals surface area (Å²) in [7, 11) is 1.62. The van der Waals surface area contributed by atoms with E-state index in [1.54, 1.807) is 31.4 Å². The van der Waals surface area contributed by atoms with E-state index in [2.05, 4.69) is 27.6 Å². The van der Waals surface area contributed by atoms with Crippen molar-refractivity contribution in [1.82, 2.24) is 25.6 Å². The van der Waals surface area contributed by atoms with Crippen LogP contribution in [-0.2, 0) is 16.1 Å². The highest BCUT2D eigenvalue weighted by Gasteiger charge is 2.15. The minimum Gasteiger partial charge on any atom is -0.497 e. The molecule has 1 heterocycles. The average molecular weight is 468 g/mol. The van der Waals surface area contributed by atoms with Gasteiger partial charge in [-0.2, -0.15) is 0 Å². The summed E-state index contributed by atoms with van der Waals surface area (Å²) in [6.07, 6.45) is 0. The fraction of sp³-hybridized carbons (Fsp3) is 0.217. The van der Waals surface area contributed by atoms with Gasteiger partial charge < -0.3 is 14.0 Å². The second kappa shape index (κ2) is 11.2. The Kier molecular flexibility index (Phi) is 8.09. The van der Waals surface area contributed by atoms with E-state index in [-0.39, 0.29) is 17.6 Å². The largest absolute Gasteiger partial charge is 0.497 e. The van der Waals surface area contributed by atoms with Gasteiger partial charge >= 0.3 is 5.97 Å². The minimum absolute atomic E-state index is 0.145. The minimum atomic E-state index is -0.389. The van der Waals surface area contributed by atoms with Crippen molar-refractivity contribution in [2.75, 3.05) is 12.9 Å². The summed E-state index contributed by atoms with van der Waals surface area (Å²) in [4.78, 5) is 23.3. The maximum Gasteiger partial charge on any atom is 0.308 e. The highest BCUT2D eigenvalue weighted by molar-refractivity contribution is 7.99. The molecule has 0 spiro atoms. The van der Waals surface area contributed by atoms with Crippen LogP contribution >= 0.6 is 11.8 Å². The van der Waals surface area contributed by atoms with Crippen LogP contribution in [0.1, 0.15) is 19.4 Å². The first-order valence-electron chi connectivity index (χ1n) is 10.1. The molecule has 1 aromatic heterocycles. The Balaban J connectivity index is 1.53. The number of ether oxygens (including phenoxy) is 2. The van der Waals surface area contributed by atoms with Crippen LogP contribution in [0.3, 0.4) is 0 Å². The molecule has 0 unspecified atom stereocenters. The molecule has 0 saturated carbocycles. The van der Waals surface area contributed by atoms with E-state index in [0.29, 0.717) is 23.1 Å². The van der Waals surface area contributed by atoms with E-state index in [9.17, 15) is 9.59 Å². The topological polar surface area (TPSA) is 107 Å². The molecule has 3 aromatic rings. The summed E-state index contributed by atoms with van der Waals surface area (Å²) < 4.78 is 12.2. The number of hydrogen-bond acceptors (Lipinski definition) is 8. The molecular formula is C23H25N5O4S. The number of nitrogens with zero attached hydrogens (tertiary/aromatic N) is 3. The first-order valence-corrected chi connectivity index (χ1v) is 11.1. The number of methoxy groups -OCH3 is 1. The maximum absolute atomic E-state index is 12.3. The van der Waals surface area contributed by atoms with Crippen LogP contribution in [0.4, 0.5) is 0 Å². The highest BCUT2D eigenvalue weighted by Crippen LogP contribution is 2.25. The molecule has 2 N–H and O–H groups in total. The standard InChI is InChI=1S/C23H25N5O4S/c1-5-28-22(18-8-10-19(31-4)11-9-18)26-27-23(28)33-14-21(30)25-24-15(2)17-6-12-20(13-7-17)32-16(3)29/h6-13,24H,2,5,14H2,1,3-4H3,(H,25,30). The van der Waals surface area contributed by atoms with E-state index in [1.165, 1.54) is 18.7 Å². The van der Waals surface area contributed by atoms with Crippen molar-refractivity contribution in [2.24, 2.45) is 0 Å². The average Bonchev–Trinajstić information content (AvgIpc) is 3.24. The Hall–Kier alpha value is -3.79. The Morgan fingerprint density at radius 3 is 2.30 bits per heavy atom. The molecule has 0 bridgehead atoms. The van der Waals surface area contributed by atoms with Crippen LogP contribution in [0, 0.1) is 0 Å². The van der Waals surface area contributed by atoms with Gasteiger partial charge in [-0.05, 0) is 61.0 Å². The number of hydrogen-bond donors (Lipinski definition) is 2. The molecule has 1 amide bonds. The van der Waals surface area contributed by atoms with Crippen molar-refractivity contribution in [3.8, 4) is 22.9 Å². The summed E-state index contributed by atoms with van der Waals surface area (Å²) >= 11 is 1.29. The Bertz CT molecular complexity index is 1130. The van der Waals surface area contributed by atoms with Crippen LogP contribution in [-0.4, -0.2) is 39.5 Å². The lowest BCUT2D eigenvalue weighted by molar-refractivity contribution is -0.131. The van der Waals surface area contributed by atoms with E-state index < -0.39 is 0 Å². The van der Waals surface area contributed by atoms with Crippen LogP contribution in [0.15, 0.2) is 60.3 Å². The summed E-state index contributed by atoms with van der Waals surface area (Å²) in [5.41, 5.74) is 7.58. The number of nitrogens with one attached hydrogen (secondary N) is 2. The van der Waals surface area contributed by atoms with E-state index in [1.807, 2.05) is 35.8 Å². The zero-order valence-electron chi connectivity index (χ0n) is 18.6. The molecule has 2 aromatic carbocycles. The number of amides is 1. The van der Waals surface area contributed by atoms with Crippen molar-refractivity contribution >= 4 is 29.3 Å². The smallest absolute Gasteiger partial charge is 0.308 e. The lowest BCUT2D eigenvalue weighted by atomic mass is 10.2. The molecular weight excluding hydrogens is 442 g/mol. The van der Waals surface area contributed by atoms with E-state index in [4.69, 9.17) is 9.47 Å². The zero-order chi connectivity index (χ0) is 23.8. The third-order valence-corrected chi connectivity index (χ3v) is 5.50. The number of hydrazine groups is 1. The third-order valence-electron chi connectivity index (χ3n) is 4.53. The number of carbonyl (C=O) groups excluding carboxylic acids is 2. The predicted molar refractivity (Wildman–Crippen MR) is 126 cm³/mol. The number of aromatic nitrogens is 3. The molecule has 0 saturated heterocycles. The Morgan fingerprint density at radius 2 is 1.70 bits per heavy atom. The fourth-order valence-electron chi connectivity index (χ4n) is 2.91. The molecule has 0 radical (unpaired) electrons. The van der Waals surface area contributed by atoms with E-state index >= 15 is 0 Å². The summed E-state index contributed by atoms with van der Waals surface area (Å²) in [5, 5.41) is 9.18. The Labute approximate surface area is 196 Å². The van der Waals surface area contributed by atoms with Gasteiger partial charge in [0.05, 0.1) is 18.6 Å². The second-order valence-electron chi connectivity index (χ2n) is 6.84. The van der Waals surface area contributed by atoms with Gasteiger partial charge in [-0.15, -0.1) is 10.2 Å². The SMILES string of the molecule is C=C(NNC(=O)CSc1nnc(-c2ccc(OC)cc2)n1CC)c1ccc(OC(C)=O)cc1. The molecule has 172 valence electrons. The van der Waals surface area contributed by atoms with Gasteiger partial charge in [0.1, 0.15) is 11.5 Å². The van der Waals surface area contributed by atoms with Crippen LogP contribution < -0.4 is 20.3 Å². The van der Waals surface area contributed by atoms with Crippen LogP contribution in [0.25, 0.3) is 17.1 Å². The third kappa shape index (κ3) is 6.36. The molecule has 0 fully saturated rings. The fourth-order valence-corrected chi connectivity index (χ4v) is 3.71. The lowest BCUT2D eigenvalue weighted by Gasteiger charge is -2.12. The number of esters is 1. The lowest BCUT2D eigenvalue weighted by Crippen LogP contribution is -2.37. The number of thioether (sulfide) groups is 1. The van der Waals surface area contributed by atoms with Crippen molar-refractivity contribution in [3.05, 3.63) is 60.7 Å². The van der Waals surface area contributed by atoms with Crippen LogP contribution in [0.5, 0.6) is 11.5 Å². The molecule has 0 aliphatic carbocycles. The van der Waals surface area contributed by atoms with Crippen molar-refractivity contribution in [1.29, 1.82) is 0 Å². The highest BCUT2D eigenvalue weighted by atomic mass is 32.2. The van der Waals surface area contributed by atoms with Crippen molar-refractivity contribution < 1.29 is 19.1 Å². The Morgan fingerprint density at radius 1 is 1.03 bits per heavy atom. The van der Waals surface area contributed by atoms with E-state index in [0.717, 1.165) is 22.7 Å². The number of carbonyl (C=O) groups is 2. The first-order chi connectivity index (χ1) is 15.9. The second-order valence-corrected chi connectivity index (χ2v) is 7.78. The van der Waals surface area contributed by atoms with Gasteiger partial charge in [-0.1, -0.05) is 18.3 Å². The number of benzene rings is 2. The molecule has 10 heteroatoms. The molecule has 0 atom stereocenters. The maximum atomic E-state index is 12.3. The van der Waals surface area contributed by atoms with Crippen molar-refractivity contribution in [2.45, 2.75) is 25.5 Å². The van der Waals surface area contributed by atoms with Gasteiger partial charge in [-0.3, -0.25) is 20.4 Å². The molecule has 33 heavy (non-hydrogen) atoms. The van der Waals surface area contributed by atoms with Crippen LogP contribution in [0.2, 0.25) is 0 Å². The van der Waals surface area contributed by atoms with Gasteiger partial charge in [0, 0.05) is 19.0 Å². The first kappa shape index (κ1) is 23.9. The van der Waals surface area contributed by atoms with Crippen molar-refractivity contribution in [3.63, 3.8) is 0 Å². The zero-order valence-corrected chi connectivity index (χ0v) is 19.4. The van der Waals surface area contributed by atoms with Gasteiger partial charge in [0.25, 0.3) is 0 Å². The molecule has 0 aliphatic rings. The number of rotatable bonds is 10. The monoisotopic (exact) mass is 467 g/mol. The van der Waals surface area contributed by atoms with Gasteiger partial charge in [0.2, 0.25) is 5.91 Å². The normalized spacial score (nSPS) is 10.4. The van der Waals surface area contributed by atoms with Gasteiger partial charge in [-0.25, -0.2) is 0 Å². The molecule has 0 aliphatic heterocycles. The quantitative estimate of drug-likeness (QED) is 0.202.